The standard InChI is InChI=1S/C11H6ClFN4O/c12-11-15-9-8(5-14-17-9)10(16-11)18-7-3-1-2-6(13)4-7/h1-5H,(H,14,15,16,17). The Balaban J connectivity index is 2.06. The van der Waals surface area contributed by atoms with E-state index in [-0.39, 0.29) is 11.2 Å². The lowest BCUT2D eigenvalue weighted by molar-refractivity contribution is 0.463. The van der Waals surface area contributed by atoms with E-state index in [0.29, 0.717) is 16.8 Å². The molecule has 1 aromatic carbocycles. The summed E-state index contributed by atoms with van der Waals surface area (Å²) < 4.78 is 18.5. The molecule has 0 aliphatic heterocycles. The maximum atomic E-state index is 13.0. The molecule has 0 saturated carbocycles. The molecule has 7 heteroatoms. The van der Waals surface area contributed by atoms with Crippen LogP contribution in [0.2, 0.25) is 5.28 Å². The van der Waals surface area contributed by atoms with Crippen molar-refractivity contribution in [3.05, 3.63) is 41.6 Å². The first-order valence-electron chi connectivity index (χ1n) is 5.02. The molecule has 2 heterocycles. The largest absolute Gasteiger partial charge is 0.438 e. The molecule has 0 atom stereocenters. The molecule has 3 aromatic rings. The molecule has 0 aliphatic rings. The zero-order valence-corrected chi connectivity index (χ0v) is 9.65. The second kappa shape index (κ2) is 4.23. The summed E-state index contributed by atoms with van der Waals surface area (Å²) in [7, 11) is 0. The summed E-state index contributed by atoms with van der Waals surface area (Å²) in [4.78, 5) is 7.89. The van der Waals surface area contributed by atoms with E-state index in [2.05, 4.69) is 20.2 Å². The van der Waals surface area contributed by atoms with Crippen molar-refractivity contribution >= 4 is 22.6 Å². The summed E-state index contributed by atoms with van der Waals surface area (Å²) in [6, 6.07) is 5.74. The number of hydrogen-bond acceptors (Lipinski definition) is 4. The summed E-state index contributed by atoms with van der Waals surface area (Å²) >= 11 is 5.75. The Hall–Kier alpha value is -2.21. The number of H-pyrrole nitrogens is 1. The second-order valence-corrected chi connectivity index (χ2v) is 3.83. The Kier molecular flexibility index (Phi) is 2.56. The molecule has 0 fully saturated rings. The molecule has 0 unspecified atom stereocenters. The summed E-state index contributed by atoms with van der Waals surface area (Å²) in [5.41, 5.74) is 0.460. The van der Waals surface area contributed by atoms with Gasteiger partial charge in [-0.05, 0) is 23.7 Å². The van der Waals surface area contributed by atoms with Crippen LogP contribution < -0.4 is 4.74 Å². The average molecular weight is 265 g/mol. The van der Waals surface area contributed by atoms with Crippen molar-refractivity contribution in [1.82, 2.24) is 20.2 Å². The predicted octanol–water partition coefficient (Wildman–Crippen LogP) is 2.94. The van der Waals surface area contributed by atoms with Crippen LogP contribution in [-0.2, 0) is 0 Å². The lowest BCUT2D eigenvalue weighted by atomic mass is 10.3. The van der Waals surface area contributed by atoms with Crippen LogP contribution in [0.1, 0.15) is 0 Å². The van der Waals surface area contributed by atoms with Gasteiger partial charge < -0.3 is 4.74 Å². The maximum Gasteiger partial charge on any atom is 0.234 e. The summed E-state index contributed by atoms with van der Waals surface area (Å²) in [6.45, 7) is 0. The van der Waals surface area contributed by atoms with Gasteiger partial charge in [-0.3, -0.25) is 5.10 Å². The lowest BCUT2D eigenvalue weighted by Crippen LogP contribution is -1.92. The third-order valence-electron chi connectivity index (χ3n) is 2.26. The Morgan fingerprint density at radius 2 is 2.17 bits per heavy atom. The van der Waals surface area contributed by atoms with E-state index in [4.69, 9.17) is 16.3 Å². The van der Waals surface area contributed by atoms with Crippen LogP contribution in [-0.4, -0.2) is 20.2 Å². The highest BCUT2D eigenvalue weighted by Gasteiger charge is 2.10. The summed E-state index contributed by atoms with van der Waals surface area (Å²) in [5.74, 6) is 0.160. The van der Waals surface area contributed by atoms with Gasteiger partial charge in [-0.15, -0.1) is 0 Å². The normalized spacial score (nSPS) is 10.8. The molecule has 0 bridgehead atoms. The first-order chi connectivity index (χ1) is 8.72. The number of aromatic nitrogens is 4. The van der Waals surface area contributed by atoms with Crippen LogP contribution in [0, 0.1) is 5.82 Å². The number of benzene rings is 1. The molecule has 0 radical (unpaired) electrons. The number of nitrogens with zero attached hydrogens (tertiary/aromatic N) is 3. The van der Waals surface area contributed by atoms with Crippen molar-refractivity contribution in [3.8, 4) is 11.6 Å². The van der Waals surface area contributed by atoms with Crippen molar-refractivity contribution in [1.29, 1.82) is 0 Å². The molecule has 1 N–H and O–H groups in total. The molecule has 0 spiro atoms. The minimum absolute atomic E-state index is 0.0261. The molecule has 5 nitrogen and oxygen atoms in total. The molecule has 90 valence electrons. The molecule has 18 heavy (non-hydrogen) atoms. The fraction of sp³-hybridized carbons (Fsp3) is 0. The van der Waals surface area contributed by atoms with E-state index >= 15 is 0 Å². The summed E-state index contributed by atoms with van der Waals surface area (Å²) in [5, 5.41) is 7.08. The smallest absolute Gasteiger partial charge is 0.234 e. The SMILES string of the molecule is Fc1cccc(Oc2nc(Cl)nc3[nH]ncc23)c1. The lowest BCUT2D eigenvalue weighted by Gasteiger charge is -2.05. The minimum Gasteiger partial charge on any atom is -0.438 e. The minimum atomic E-state index is -0.393. The number of rotatable bonds is 2. The Labute approximate surface area is 106 Å². The zero-order chi connectivity index (χ0) is 12.5. The van der Waals surface area contributed by atoms with E-state index in [1.54, 1.807) is 12.1 Å². The van der Waals surface area contributed by atoms with Gasteiger partial charge in [0.1, 0.15) is 17.0 Å². The first kappa shape index (κ1) is 10.9. The Morgan fingerprint density at radius 1 is 1.28 bits per heavy atom. The van der Waals surface area contributed by atoms with Gasteiger partial charge in [0.05, 0.1) is 6.20 Å². The highest BCUT2D eigenvalue weighted by molar-refractivity contribution is 6.28. The van der Waals surface area contributed by atoms with Crippen LogP contribution in [0.5, 0.6) is 11.6 Å². The molecule has 0 amide bonds. The van der Waals surface area contributed by atoms with Gasteiger partial charge in [0.25, 0.3) is 0 Å². The Bertz CT molecular complexity index is 715. The van der Waals surface area contributed by atoms with Crippen LogP contribution in [0.25, 0.3) is 11.0 Å². The van der Waals surface area contributed by atoms with Gasteiger partial charge in [-0.25, -0.2) is 4.39 Å². The fourth-order valence-corrected chi connectivity index (χ4v) is 1.66. The van der Waals surface area contributed by atoms with Crippen molar-refractivity contribution in [2.75, 3.05) is 0 Å². The number of aromatic amines is 1. The molecule has 0 aliphatic carbocycles. The molecular weight excluding hydrogens is 259 g/mol. The molecule has 0 saturated heterocycles. The highest BCUT2D eigenvalue weighted by Crippen LogP contribution is 2.27. The van der Waals surface area contributed by atoms with Gasteiger partial charge in [0.15, 0.2) is 5.65 Å². The van der Waals surface area contributed by atoms with Crippen molar-refractivity contribution in [2.24, 2.45) is 0 Å². The molecular formula is C11H6ClFN4O. The van der Waals surface area contributed by atoms with Crippen molar-refractivity contribution in [2.45, 2.75) is 0 Å². The fourth-order valence-electron chi connectivity index (χ4n) is 1.50. The third-order valence-corrected chi connectivity index (χ3v) is 2.43. The van der Waals surface area contributed by atoms with Crippen molar-refractivity contribution < 1.29 is 9.13 Å². The first-order valence-corrected chi connectivity index (χ1v) is 5.40. The van der Waals surface area contributed by atoms with E-state index < -0.39 is 5.82 Å². The second-order valence-electron chi connectivity index (χ2n) is 3.49. The average Bonchev–Trinajstić information content (AvgIpc) is 2.77. The van der Waals surface area contributed by atoms with Gasteiger partial charge >= 0.3 is 0 Å². The van der Waals surface area contributed by atoms with Crippen molar-refractivity contribution in [3.63, 3.8) is 0 Å². The van der Waals surface area contributed by atoms with Crippen LogP contribution in [0.4, 0.5) is 4.39 Å². The van der Waals surface area contributed by atoms with Crippen LogP contribution >= 0.6 is 11.6 Å². The van der Waals surface area contributed by atoms with E-state index in [9.17, 15) is 4.39 Å². The van der Waals surface area contributed by atoms with E-state index in [0.717, 1.165) is 0 Å². The highest BCUT2D eigenvalue weighted by atomic mass is 35.5. The Morgan fingerprint density at radius 3 is 3.00 bits per heavy atom. The third kappa shape index (κ3) is 1.98. The monoisotopic (exact) mass is 264 g/mol. The van der Waals surface area contributed by atoms with Crippen LogP contribution in [0.15, 0.2) is 30.5 Å². The van der Waals surface area contributed by atoms with Crippen LogP contribution in [0.3, 0.4) is 0 Å². The van der Waals surface area contributed by atoms with Gasteiger partial charge in [0.2, 0.25) is 11.2 Å². The molecule has 2 aromatic heterocycles. The quantitative estimate of drug-likeness (QED) is 0.723. The molecule has 3 rings (SSSR count). The summed E-state index contributed by atoms with van der Waals surface area (Å²) in [6.07, 6.45) is 1.51. The predicted molar refractivity (Wildman–Crippen MR) is 63.2 cm³/mol. The van der Waals surface area contributed by atoms with Gasteiger partial charge in [-0.1, -0.05) is 6.07 Å². The van der Waals surface area contributed by atoms with Gasteiger partial charge in [0, 0.05) is 6.07 Å². The number of hydrogen-bond donors (Lipinski definition) is 1. The van der Waals surface area contributed by atoms with Gasteiger partial charge in [-0.2, -0.15) is 15.1 Å². The van der Waals surface area contributed by atoms with E-state index in [1.165, 1.54) is 18.3 Å². The number of nitrogens with one attached hydrogen (secondary N) is 1. The number of fused-ring (bicyclic) bond motifs is 1. The number of halogens is 2. The number of ether oxygens (including phenoxy) is 1. The topological polar surface area (TPSA) is 63.7 Å². The van der Waals surface area contributed by atoms with E-state index in [1.807, 2.05) is 0 Å². The maximum absolute atomic E-state index is 13.0. The zero-order valence-electron chi connectivity index (χ0n) is 8.89.